The van der Waals surface area contributed by atoms with Gasteiger partial charge in [0, 0.05) is 10.2 Å². The molecular formula is C16H18BrNO. The third kappa shape index (κ3) is 3.51. The molecule has 0 spiro atoms. The molecule has 2 rings (SSSR count). The summed E-state index contributed by atoms with van der Waals surface area (Å²) in [6.07, 6.45) is 0.977. The number of anilines is 1. The van der Waals surface area contributed by atoms with E-state index in [1.807, 2.05) is 12.1 Å². The number of phenolic OH excluding ortho intramolecular Hbond substituents is 1. The van der Waals surface area contributed by atoms with E-state index >= 15 is 0 Å². The number of halogens is 1. The van der Waals surface area contributed by atoms with Crippen molar-refractivity contribution in [3.05, 3.63) is 58.1 Å². The molecule has 0 fully saturated rings. The number of aryl methyl sites for hydroxylation is 1. The summed E-state index contributed by atoms with van der Waals surface area (Å²) in [5, 5.41) is 12.9. The minimum atomic E-state index is 0.235. The van der Waals surface area contributed by atoms with Crippen LogP contribution in [0.5, 0.6) is 5.75 Å². The molecule has 19 heavy (non-hydrogen) atoms. The van der Waals surface area contributed by atoms with E-state index in [0.29, 0.717) is 5.75 Å². The second kappa shape index (κ2) is 6.11. The van der Waals surface area contributed by atoms with Gasteiger partial charge in [0.15, 0.2) is 0 Å². The van der Waals surface area contributed by atoms with Crippen molar-refractivity contribution in [3.63, 3.8) is 0 Å². The highest BCUT2D eigenvalue weighted by Crippen LogP contribution is 2.29. The van der Waals surface area contributed by atoms with Gasteiger partial charge < -0.3 is 10.4 Å². The van der Waals surface area contributed by atoms with Crippen molar-refractivity contribution in [2.45, 2.75) is 26.3 Å². The fourth-order valence-electron chi connectivity index (χ4n) is 2.07. The molecule has 2 aromatic carbocycles. The summed E-state index contributed by atoms with van der Waals surface area (Å²) in [6, 6.07) is 13.9. The molecule has 3 heteroatoms. The van der Waals surface area contributed by atoms with E-state index in [9.17, 15) is 5.11 Å². The Bertz CT molecular complexity index is 551. The molecule has 0 amide bonds. The lowest BCUT2D eigenvalue weighted by Crippen LogP contribution is -2.10. The first-order chi connectivity index (χ1) is 9.10. The molecule has 0 saturated heterocycles. The van der Waals surface area contributed by atoms with E-state index in [1.165, 1.54) is 11.1 Å². The standard InChI is InChI=1S/C16H18BrNO/c1-3-15(12-5-7-13(19)8-6-12)18-16-10-11(2)4-9-14(16)17/h4-10,15,18-19H,3H2,1-2H3. The first kappa shape index (κ1) is 13.9. The average Bonchev–Trinajstić information content (AvgIpc) is 2.41. The Morgan fingerprint density at radius 2 is 1.84 bits per heavy atom. The van der Waals surface area contributed by atoms with Crippen molar-refractivity contribution in [1.82, 2.24) is 0 Å². The Kier molecular flexibility index (Phi) is 4.48. The average molecular weight is 320 g/mol. The molecule has 2 nitrogen and oxygen atoms in total. The van der Waals surface area contributed by atoms with Gasteiger partial charge in [0.25, 0.3) is 0 Å². The van der Waals surface area contributed by atoms with Crippen molar-refractivity contribution in [2.75, 3.05) is 5.32 Å². The predicted octanol–water partition coefficient (Wildman–Crippen LogP) is 5.03. The van der Waals surface area contributed by atoms with Crippen LogP contribution in [0.15, 0.2) is 46.9 Å². The fraction of sp³-hybridized carbons (Fsp3) is 0.250. The van der Waals surface area contributed by atoms with E-state index in [-0.39, 0.29) is 6.04 Å². The maximum Gasteiger partial charge on any atom is 0.115 e. The van der Waals surface area contributed by atoms with Crippen LogP contribution >= 0.6 is 15.9 Å². The van der Waals surface area contributed by atoms with Crippen molar-refractivity contribution in [2.24, 2.45) is 0 Å². The van der Waals surface area contributed by atoms with Crippen LogP contribution < -0.4 is 5.32 Å². The number of rotatable bonds is 4. The van der Waals surface area contributed by atoms with Crippen molar-refractivity contribution < 1.29 is 5.11 Å². The summed E-state index contributed by atoms with van der Waals surface area (Å²) in [6.45, 7) is 4.23. The number of hydrogen-bond donors (Lipinski definition) is 2. The molecule has 0 aliphatic rings. The fourth-order valence-corrected chi connectivity index (χ4v) is 2.43. The van der Waals surface area contributed by atoms with Gasteiger partial charge in [-0.05, 0) is 64.7 Å². The molecule has 0 aliphatic carbocycles. The van der Waals surface area contributed by atoms with Crippen LogP contribution in [-0.4, -0.2) is 5.11 Å². The second-order valence-electron chi connectivity index (χ2n) is 4.68. The lowest BCUT2D eigenvalue weighted by atomic mass is 10.0. The van der Waals surface area contributed by atoms with Crippen LogP contribution in [0, 0.1) is 6.92 Å². The molecule has 0 aliphatic heterocycles. The van der Waals surface area contributed by atoms with E-state index in [4.69, 9.17) is 0 Å². The first-order valence-electron chi connectivity index (χ1n) is 6.41. The predicted molar refractivity (Wildman–Crippen MR) is 83.6 cm³/mol. The van der Waals surface area contributed by atoms with Crippen molar-refractivity contribution in [1.29, 1.82) is 0 Å². The Labute approximate surface area is 122 Å². The summed E-state index contributed by atoms with van der Waals surface area (Å²) >= 11 is 3.57. The molecular weight excluding hydrogens is 302 g/mol. The summed E-state index contributed by atoms with van der Waals surface area (Å²) in [4.78, 5) is 0. The quantitative estimate of drug-likeness (QED) is 0.828. The van der Waals surface area contributed by atoms with Gasteiger partial charge in [0.05, 0.1) is 6.04 Å². The van der Waals surface area contributed by atoms with E-state index in [0.717, 1.165) is 16.6 Å². The third-order valence-electron chi connectivity index (χ3n) is 3.16. The van der Waals surface area contributed by atoms with Gasteiger partial charge in [-0.15, -0.1) is 0 Å². The van der Waals surface area contributed by atoms with E-state index < -0.39 is 0 Å². The molecule has 0 bridgehead atoms. The largest absolute Gasteiger partial charge is 0.508 e. The summed E-state index contributed by atoms with van der Waals surface area (Å²) in [5.74, 6) is 0.301. The zero-order valence-corrected chi connectivity index (χ0v) is 12.7. The molecule has 1 unspecified atom stereocenters. The smallest absolute Gasteiger partial charge is 0.115 e. The normalized spacial score (nSPS) is 12.2. The molecule has 0 radical (unpaired) electrons. The maximum atomic E-state index is 9.35. The van der Waals surface area contributed by atoms with Gasteiger partial charge in [-0.2, -0.15) is 0 Å². The van der Waals surface area contributed by atoms with Gasteiger partial charge in [0.1, 0.15) is 5.75 Å². The van der Waals surface area contributed by atoms with Gasteiger partial charge in [-0.3, -0.25) is 0 Å². The number of aromatic hydroxyl groups is 1. The zero-order valence-electron chi connectivity index (χ0n) is 11.2. The van der Waals surface area contributed by atoms with Gasteiger partial charge in [0.2, 0.25) is 0 Å². The molecule has 2 N–H and O–H groups in total. The van der Waals surface area contributed by atoms with Crippen LogP contribution in [-0.2, 0) is 0 Å². The lowest BCUT2D eigenvalue weighted by molar-refractivity contribution is 0.475. The summed E-state index contributed by atoms with van der Waals surface area (Å²) in [7, 11) is 0. The topological polar surface area (TPSA) is 32.3 Å². The zero-order chi connectivity index (χ0) is 13.8. The Balaban J connectivity index is 2.23. The molecule has 2 aromatic rings. The van der Waals surface area contributed by atoms with Gasteiger partial charge in [-0.25, -0.2) is 0 Å². The second-order valence-corrected chi connectivity index (χ2v) is 5.53. The summed E-state index contributed by atoms with van der Waals surface area (Å²) in [5.41, 5.74) is 3.50. The molecule has 0 saturated carbocycles. The minimum absolute atomic E-state index is 0.235. The minimum Gasteiger partial charge on any atom is -0.508 e. The maximum absolute atomic E-state index is 9.35. The highest BCUT2D eigenvalue weighted by atomic mass is 79.9. The van der Waals surface area contributed by atoms with Crippen LogP contribution in [0.1, 0.15) is 30.5 Å². The van der Waals surface area contributed by atoms with E-state index in [1.54, 1.807) is 12.1 Å². The molecule has 1 atom stereocenters. The van der Waals surface area contributed by atoms with Crippen LogP contribution in [0.3, 0.4) is 0 Å². The SMILES string of the molecule is CCC(Nc1cc(C)ccc1Br)c1ccc(O)cc1. The molecule has 0 aromatic heterocycles. The van der Waals surface area contributed by atoms with Crippen LogP contribution in [0.25, 0.3) is 0 Å². The molecule has 100 valence electrons. The highest BCUT2D eigenvalue weighted by molar-refractivity contribution is 9.10. The highest BCUT2D eigenvalue weighted by Gasteiger charge is 2.10. The van der Waals surface area contributed by atoms with Crippen molar-refractivity contribution in [3.8, 4) is 5.75 Å². The third-order valence-corrected chi connectivity index (χ3v) is 3.85. The van der Waals surface area contributed by atoms with Crippen molar-refractivity contribution >= 4 is 21.6 Å². The molecule has 0 heterocycles. The first-order valence-corrected chi connectivity index (χ1v) is 7.21. The van der Waals surface area contributed by atoms with Crippen LogP contribution in [0.2, 0.25) is 0 Å². The van der Waals surface area contributed by atoms with Gasteiger partial charge in [-0.1, -0.05) is 25.1 Å². The van der Waals surface area contributed by atoms with Crippen LogP contribution in [0.4, 0.5) is 5.69 Å². The number of benzene rings is 2. The number of nitrogens with one attached hydrogen (secondary N) is 1. The number of phenols is 1. The Morgan fingerprint density at radius 3 is 2.47 bits per heavy atom. The van der Waals surface area contributed by atoms with E-state index in [2.05, 4.69) is 53.3 Å². The Morgan fingerprint density at radius 1 is 1.16 bits per heavy atom. The monoisotopic (exact) mass is 319 g/mol. The Hall–Kier alpha value is -1.48. The lowest BCUT2D eigenvalue weighted by Gasteiger charge is -2.20. The summed E-state index contributed by atoms with van der Waals surface area (Å²) < 4.78 is 1.07. The van der Waals surface area contributed by atoms with Gasteiger partial charge >= 0.3 is 0 Å². The number of hydrogen-bond acceptors (Lipinski definition) is 2.